The molecule has 0 aliphatic heterocycles. The zero-order valence-corrected chi connectivity index (χ0v) is 9.06. The summed E-state index contributed by atoms with van der Waals surface area (Å²) in [5.74, 6) is 0. The van der Waals surface area contributed by atoms with Crippen molar-refractivity contribution in [2.75, 3.05) is 0 Å². The van der Waals surface area contributed by atoms with E-state index in [0.717, 1.165) is 24.0 Å². The van der Waals surface area contributed by atoms with E-state index in [4.69, 9.17) is 0 Å². The van der Waals surface area contributed by atoms with Gasteiger partial charge in [0.1, 0.15) is 0 Å². The van der Waals surface area contributed by atoms with Gasteiger partial charge in [-0.25, -0.2) is 0 Å². The van der Waals surface area contributed by atoms with E-state index in [0.29, 0.717) is 0 Å². The molecule has 0 atom stereocenters. The smallest absolute Gasteiger partial charge is 0.0273 e. The third kappa shape index (κ3) is 4.51. The van der Waals surface area contributed by atoms with E-state index in [1.54, 1.807) is 0 Å². The maximum atomic E-state index is 4.02. The highest BCUT2D eigenvalue weighted by Crippen LogP contribution is 2.19. The molecule has 0 aliphatic carbocycles. The van der Waals surface area contributed by atoms with Crippen LogP contribution in [0, 0.1) is 0 Å². The molecule has 0 spiro atoms. The Bertz CT molecular complexity index is 239. The summed E-state index contributed by atoms with van der Waals surface area (Å²) >= 11 is 0. The van der Waals surface area contributed by atoms with Crippen molar-refractivity contribution >= 4 is 0 Å². The first-order valence-electron chi connectivity index (χ1n) is 4.80. The Morgan fingerprint density at radius 3 is 2.38 bits per heavy atom. The minimum absolute atomic E-state index is 1.04. The summed E-state index contributed by atoms with van der Waals surface area (Å²) < 4.78 is 0. The van der Waals surface area contributed by atoms with Crippen LogP contribution in [0.25, 0.3) is 0 Å². The normalized spacial score (nSPS) is 12.1. The molecule has 0 rings (SSSR count). The van der Waals surface area contributed by atoms with E-state index in [1.165, 1.54) is 5.57 Å². The van der Waals surface area contributed by atoms with Crippen LogP contribution in [0.2, 0.25) is 0 Å². The summed E-state index contributed by atoms with van der Waals surface area (Å²) in [5.41, 5.74) is 3.44. The molecule has 0 radical (unpaired) electrons. The Labute approximate surface area is 82.4 Å². The fourth-order valence-electron chi connectivity index (χ4n) is 1.07. The second-order valence-electron chi connectivity index (χ2n) is 3.21. The van der Waals surface area contributed by atoms with Gasteiger partial charge in [-0.1, -0.05) is 44.7 Å². The Kier molecular flexibility index (Phi) is 5.96. The minimum Gasteiger partial charge on any atom is -0.0952 e. The summed E-state index contributed by atoms with van der Waals surface area (Å²) in [5, 5.41) is 0. The van der Waals surface area contributed by atoms with Crippen LogP contribution in [0.5, 0.6) is 0 Å². The fraction of sp³-hybridized carbons (Fsp3) is 0.385. The van der Waals surface area contributed by atoms with Gasteiger partial charge in [0, 0.05) is 0 Å². The predicted octanol–water partition coefficient (Wildman–Crippen LogP) is 4.42. The second kappa shape index (κ2) is 6.47. The Morgan fingerprint density at radius 2 is 1.92 bits per heavy atom. The van der Waals surface area contributed by atoms with Gasteiger partial charge in [0.2, 0.25) is 0 Å². The summed E-state index contributed by atoms with van der Waals surface area (Å²) in [6, 6.07) is 0. The number of allylic oxidation sites excluding steroid dienone is 6. The highest BCUT2D eigenvalue weighted by Gasteiger charge is 1.99. The van der Waals surface area contributed by atoms with E-state index in [-0.39, 0.29) is 0 Å². The third-order valence-corrected chi connectivity index (χ3v) is 1.99. The number of rotatable bonds is 5. The lowest BCUT2D eigenvalue weighted by molar-refractivity contribution is 0.918. The molecule has 0 saturated carbocycles. The lowest BCUT2D eigenvalue weighted by atomic mass is 9.98. The van der Waals surface area contributed by atoms with E-state index in [1.807, 2.05) is 19.1 Å². The summed E-state index contributed by atoms with van der Waals surface area (Å²) in [7, 11) is 0. The molecule has 0 heterocycles. The zero-order valence-electron chi connectivity index (χ0n) is 9.06. The van der Waals surface area contributed by atoms with Crippen LogP contribution in [0.1, 0.15) is 33.6 Å². The predicted molar refractivity (Wildman–Crippen MR) is 61.8 cm³/mol. The summed E-state index contributed by atoms with van der Waals surface area (Å²) in [6.07, 6.45) is 8.29. The van der Waals surface area contributed by atoms with Crippen LogP contribution in [0.15, 0.2) is 48.1 Å². The molecule has 0 aliphatic rings. The zero-order chi connectivity index (χ0) is 10.3. The van der Waals surface area contributed by atoms with Crippen molar-refractivity contribution in [3.63, 3.8) is 0 Å². The molecule has 0 N–H and O–H groups in total. The van der Waals surface area contributed by atoms with Gasteiger partial charge in [-0.05, 0) is 37.0 Å². The van der Waals surface area contributed by atoms with Crippen molar-refractivity contribution < 1.29 is 0 Å². The monoisotopic (exact) mass is 176 g/mol. The van der Waals surface area contributed by atoms with Gasteiger partial charge in [-0.3, -0.25) is 0 Å². The molecule has 0 unspecified atom stereocenters. The van der Waals surface area contributed by atoms with Crippen molar-refractivity contribution in [3.05, 3.63) is 48.1 Å². The van der Waals surface area contributed by atoms with Crippen LogP contribution >= 0.6 is 0 Å². The summed E-state index contributed by atoms with van der Waals surface area (Å²) in [4.78, 5) is 0. The first-order valence-corrected chi connectivity index (χ1v) is 4.80. The first-order chi connectivity index (χ1) is 6.13. The van der Waals surface area contributed by atoms with Crippen molar-refractivity contribution in [1.29, 1.82) is 0 Å². The van der Waals surface area contributed by atoms with Gasteiger partial charge in [-0.15, -0.1) is 0 Å². The molecule has 0 bridgehead atoms. The molecule has 0 heteroatoms. The molecule has 0 amide bonds. The van der Waals surface area contributed by atoms with Gasteiger partial charge in [0.05, 0.1) is 0 Å². The standard InChI is InChI=1S/C13H20/c1-6-8-10-12(4)13(5)11(3)9-7-2/h6,8,10H,3,5,7,9H2,1-2,4H3. The van der Waals surface area contributed by atoms with Gasteiger partial charge in [0.25, 0.3) is 0 Å². The lowest BCUT2D eigenvalue weighted by Gasteiger charge is -2.07. The summed E-state index contributed by atoms with van der Waals surface area (Å²) in [6.45, 7) is 14.3. The van der Waals surface area contributed by atoms with Gasteiger partial charge in [-0.2, -0.15) is 0 Å². The highest BCUT2D eigenvalue weighted by atomic mass is 14.0. The number of hydrogen-bond acceptors (Lipinski definition) is 0. The van der Waals surface area contributed by atoms with Crippen LogP contribution in [0.4, 0.5) is 0 Å². The average molecular weight is 176 g/mol. The largest absolute Gasteiger partial charge is 0.0952 e. The Balaban J connectivity index is 4.33. The quantitative estimate of drug-likeness (QED) is 0.544. The molecule has 0 aromatic rings. The molecule has 72 valence electrons. The highest BCUT2D eigenvalue weighted by molar-refractivity contribution is 5.43. The van der Waals surface area contributed by atoms with Crippen LogP contribution < -0.4 is 0 Å². The molecule has 13 heavy (non-hydrogen) atoms. The third-order valence-electron chi connectivity index (χ3n) is 1.99. The van der Waals surface area contributed by atoms with Crippen molar-refractivity contribution in [2.24, 2.45) is 0 Å². The topological polar surface area (TPSA) is 0 Å². The maximum Gasteiger partial charge on any atom is -0.0273 e. The molecule has 0 nitrogen and oxygen atoms in total. The fourth-order valence-corrected chi connectivity index (χ4v) is 1.07. The number of hydrogen-bond donors (Lipinski definition) is 0. The minimum atomic E-state index is 1.04. The van der Waals surface area contributed by atoms with Crippen LogP contribution in [-0.2, 0) is 0 Å². The lowest BCUT2D eigenvalue weighted by Crippen LogP contribution is -1.88. The van der Waals surface area contributed by atoms with Crippen LogP contribution in [-0.4, -0.2) is 0 Å². The Hall–Kier alpha value is -1.04. The van der Waals surface area contributed by atoms with Crippen molar-refractivity contribution in [1.82, 2.24) is 0 Å². The molecule has 0 aromatic carbocycles. The first kappa shape index (κ1) is 12.0. The van der Waals surface area contributed by atoms with E-state index < -0.39 is 0 Å². The molecule has 0 aromatic heterocycles. The van der Waals surface area contributed by atoms with Crippen molar-refractivity contribution in [3.8, 4) is 0 Å². The van der Waals surface area contributed by atoms with Gasteiger partial charge < -0.3 is 0 Å². The van der Waals surface area contributed by atoms with Gasteiger partial charge >= 0.3 is 0 Å². The van der Waals surface area contributed by atoms with Gasteiger partial charge in [0.15, 0.2) is 0 Å². The molecular weight excluding hydrogens is 156 g/mol. The molecular formula is C13H20. The molecule has 0 fully saturated rings. The van der Waals surface area contributed by atoms with Crippen LogP contribution in [0.3, 0.4) is 0 Å². The SMILES string of the molecule is C=C(CCC)C(=C)C(C)=CC=CC. The second-order valence-corrected chi connectivity index (χ2v) is 3.21. The van der Waals surface area contributed by atoms with Crippen molar-refractivity contribution in [2.45, 2.75) is 33.6 Å². The molecule has 0 saturated heterocycles. The van der Waals surface area contributed by atoms with E-state index >= 15 is 0 Å². The van der Waals surface area contributed by atoms with E-state index in [9.17, 15) is 0 Å². The Morgan fingerprint density at radius 1 is 1.31 bits per heavy atom. The maximum absolute atomic E-state index is 4.02. The van der Waals surface area contributed by atoms with E-state index in [2.05, 4.69) is 33.1 Å². The average Bonchev–Trinajstić information content (AvgIpc) is 2.13.